The van der Waals surface area contributed by atoms with Gasteiger partial charge in [-0.3, -0.25) is 9.36 Å². The first-order chi connectivity index (χ1) is 17.0. The molecule has 0 bridgehead atoms. The van der Waals surface area contributed by atoms with Crippen molar-refractivity contribution in [2.45, 2.75) is 24.8 Å². The summed E-state index contributed by atoms with van der Waals surface area (Å²) < 4.78 is 18.0. The number of benzene rings is 3. The number of hydrogen-bond donors (Lipinski definition) is 0. The van der Waals surface area contributed by atoms with E-state index in [9.17, 15) is 4.79 Å². The van der Waals surface area contributed by atoms with Crippen LogP contribution in [0.1, 0.15) is 17.0 Å². The summed E-state index contributed by atoms with van der Waals surface area (Å²) in [5, 5.41) is 5.09. The Morgan fingerprint density at radius 3 is 2.54 bits per heavy atom. The SMILES string of the molecule is Cc1ccc(-n2c(SCc3nc(-c4cccc(C)c4)no3)nc3cc4c(cc3c2=O)OCO4)cc1. The van der Waals surface area contributed by atoms with Crippen LogP contribution >= 0.6 is 11.8 Å². The number of hydrogen-bond acceptors (Lipinski definition) is 8. The molecule has 9 heteroatoms. The maximum absolute atomic E-state index is 13.6. The van der Waals surface area contributed by atoms with Gasteiger partial charge in [0.15, 0.2) is 16.7 Å². The third-order valence-electron chi connectivity index (χ3n) is 5.69. The second kappa shape index (κ2) is 8.59. The van der Waals surface area contributed by atoms with Crippen LogP contribution in [0.2, 0.25) is 0 Å². The quantitative estimate of drug-likeness (QED) is 0.252. The lowest BCUT2D eigenvalue weighted by molar-refractivity contribution is 0.174. The Bertz CT molecular complexity index is 1630. The van der Waals surface area contributed by atoms with E-state index in [-0.39, 0.29) is 12.4 Å². The monoisotopic (exact) mass is 484 g/mol. The molecule has 0 spiro atoms. The van der Waals surface area contributed by atoms with Crippen molar-refractivity contribution in [3.05, 3.63) is 88.0 Å². The van der Waals surface area contributed by atoms with Crippen molar-refractivity contribution in [2.75, 3.05) is 6.79 Å². The lowest BCUT2D eigenvalue weighted by Gasteiger charge is -2.13. The Morgan fingerprint density at radius 1 is 0.943 bits per heavy atom. The minimum Gasteiger partial charge on any atom is -0.454 e. The molecule has 6 rings (SSSR count). The molecule has 0 amide bonds. The van der Waals surface area contributed by atoms with Crippen molar-refractivity contribution in [1.29, 1.82) is 0 Å². The van der Waals surface area contributed by atoms with Crippen molar-refractivity contribution in [3.63, 3.8) is 0 Å². The molecule has 3 aromatic carbocycles. The first-order valence-corrected chi connectivity index (χ1v) is 12.0. The van der Waals surface area contributed by atoms with Crippen LogP contribution in [0, 0.1) is 13.8 Å². The predicted octanol–water partition coefficient (Wildman–Crippen LogP) is 5.07. The molecule has 0 radical (unpaired) electrons. The van der Waals surface area contributed by atoms with Gasteiger partial charge in [0.05, 0.1) is 22.3 Å². The van der Waals surface area contributed by atoms with E-state index in [1.54, 1.807) is 16.7 Å². The topological polar surface area (TPSA) is 92.3 Å². The molecular formula is C26H20N4O4S. The zero-order valence-electron chi connectivity index (χ0n) is 19.0. The highest BCUT2D eigenvalue weighted by molar-refractivity contribution is 7.98. The average Bonchev–Trinajstić information content (AvgIpc) is 3.52. The number of rotatable bonds is 5. The summed E-state index contributed by atoms with van der Waals surface area (Å²) in [7, 11) is 0. The molecule has 0 unspecified atom stereocenters. The number of nitrogens with zero attached hydrogens (tertiary/aromatic N) is 4. The number of fused-ring (bicyclic) bond motifs is 2. The van der Waals surface area contributed by atoms with Crippen LogP contribution in [-0.2, 0) is 5.75 Å². The van der Waals surface area contributed by atoms with Crippen LogP contribution in [0.15, 0.2) is 75.1 Å². The van der Waals surface area contributed by atoms with E-state index in [0.717, 1.165) is 22.4 Å². The summed E-state index contributed by atoms with van der Waals surface area (Å²) in [5.74, 6) is 2.45. The fraction of sp³-hybridized carbons (Fsp3) is 0.154. The van der Waals surface area contributed by atoms with Crippen molar-refractivity contribution < 1.29 is 14.0 Å². The van der Waals surface area contributed by atoms with Crippen LogP contribution in [0.5, 0.6) is 11.5 Å². The summed E-state index contributed by atoms with van der Waals surface area (Å²) in [4.78, 5) is 23.0. The molecule has 35 heavy (non-hydrogen) atoms. The molecular weight excluding hydrogens is 464 g/mol. The highest BCUT2D eigenvalue weighted by atomic mass is 32.2. The molecule has 3 heterocycles. The van der Waals surface area contributed by atoms with Crippen molar-refractivity contribution in [3.8, 4) is 28.6 Å². The standard InChI is InChI=1S/C26H20N4O4S/c1-15-6-8-18(9-7-15)30-25(31)19-11-21-22(33-14-32-21)12-20(19)27-26(30)35-13-23-28-24(29-34-23)17-5-3-4-16(2)10-17/h3-12H,13-14H2,1-2H3. The molecule has 0 fully saturated rings. The molecule has 174 valence electrons. The van der Waals surface area contributed by atoms with Crippen LogP contribution in [0.3, 0.4) is 0 Å². The van der Waals surface area contributed by atoms with Gasteiger partial charge >= 0.3 is 0 Å². The van der Waals surface area contributed by atoms with Gasteiger partial charge in [0.25, 0.3) is 5.56 Å². The van der Waals surface area contributed by atoms with Gasteiger partial charge in [-0.15, -0.1) is 0 Å². The number of aryl methyl sites for hydroxylation is 2. The molecule has 0 saturated carbocycles. The second-order valence-electron chi connectivity index (χ2n) is 8.26. The van der Waals surface area contributed by atoms with Crippen molar-refractivity contribution in [1.82, 2.24) is 19.7 Å². The van der Waals surface area contributed by atoms with Crippen LogP contribution in [0.25, 0.3) is 28.0 Å². The highest BCUT2D eigenvalue weighted by Crippen LogP contribution is 2.35. The number of aromatic nitrogens is 4. The van der Waals surface area contributed by atoms with Gasteiger partial charge in [0.1, 0.15) is 0 Å². The van der Waals surface area contributed by atoms with Gasteiger partial charge < -0.3 is 14.0 Å². The Labute approximate surface area is 204 Å². The smallest absolute Gasteiger partial charge is 0.266 e. The average molecular weight is 485 g/mol. The zero-order valence-corrected chi connectivity index (χ0v) is 19.8. The number of thioether (sulfide) groups is 1. The Morgan fingerprint density at radius 2 is 1.74 bits per heavy atom. The van der Waals surface area contributed by atoms with Crippen molar-refractivity contribution >= 4 is 22.7 Å². The minimum absolute atomic E-state index is 0.125. The molecule has 0 aliphatic carbocycles. The van der Waals surface area contributed by atoms with Gasteiger partial charge in [-0.25, -0.2) is 4.98 Å². The summed E-state index contributed by atoms with van der Waals surface area (Å²) in [6.45, 7) is 4.14. The largest absolute Gasteiger partial charge is 0.454 e. The molecule has 0 saturated heterocycles. The van der Waals surface area contributed by atoms with Crippen LogP contribution in [-0.4, -0.2) is 26.5 Å². The first-order valence-electron chi connectivity index (χ1n) is 11.0. The van der Waals surface area contributed by atoms with Gasteiger partial charge in [0.2, 0.25) is 18.5 Å². The van der Waals surface area contributed by atoms with Crippen LogP contribution in [0.4, 0.5) is 0 Å². The predicted molar refractivity (Wildman–Crippen MR) is 132 cm³/mol. The van der Waals surface area contributed by atoms with E-state index in [2.05, 4.69) is 10.1 Å². The third kappa shape index (κ3) is 4.04. The Hall–Kier alpha value is -4.11. The fourth-order valence-corrected chi connectivity index (χ4v) is 4.77. The maximum atomic E-state index is 13.6. The van der Waals surface area contributed by atoms with E-state index < -0.39 is 0 Å². The van der Waals surface area contributed by atoms with E-state index >= 15 is 0 Å². The molecule has 1 aliphatic heterocycles. The summed E-state index contributed by atoms with van der Waals surface area (Å²) in [5.41, 5.74) is 4.18. The minimum atomic E-state index is -0.189. The van der Waals surface area contributed by atoms with Gasteiger partial charge in [0, 0.05) is 11.6 Å². The first kappa shape index (κ1) is 21.4. The summed E-state index contributed by atoms with van der Waals surface area (Å²) in [6.07, 6.45) is 0. The number of ether oxygens (including phenoxy) is 2. The lowest BCUT2D eigenvalue weighted by Crippen LogP contribution is -2.21. The Kier molecular flexibility index (Phi) is 5.26. The molecule has 1 aliphatic rings. The van der Waals surface area contributed by atoms with E-state index in [4.69, 9.17) is 19.0 Å². The van der Waals surface area contributed by atoms with E-state index in [1.165, 1.54) is 11.8 Å². The van der Waals surface area contributed by atoms with Crippen molar-refractivity contribution in [2.24, 2.45) is 0 Å². The normalized spacial score (nSPS) is 12.4. The van der Waals surface area contributed by atoms with E-state index in [0.29, 0.717) is 45.0 Å². The van der Waals surface area contributed by atoms with E-state index in [1.807, 2.05) is 62.4 Å². The lowest BCUT2D eigenvalue weighted by atomic mass is 10.1. The summed E-state index contributed by atoms with van der Waals surface area (Å²) >= 11 is 1.36. The fourth-order valence-electron chi connectivity index (χ4n) is 3.91. The third-order valence-corrected chi connectivity index (χ3v) is 6.62. The van der Waals surface area contributed by atoms with Gasteiger partial charge in [-0.1, -0.05) is 58.4 Å². The molecule has 8 nitrogen and oxygen atoms in total. The zero-order chi connectivity index (χ0) is 23.9. The van der Waals surface area contributed by atoms with Crippen LogP contribution < -0.4 is 15.0 Å². The highest BCUT2D eigenvalue weighted by Gasteiger charge is 2.20. The maximum Gasteiger partial charge on any atom is 0.266 e. The summed E-state index contributed by atoms with van der Waals surface area (Å²) in [6, 6.07) is 19.1. The second-order valence-corrected chi connectivity index (χ2v) is 9.21. The Balaban J connectivity index is 1.40. The van der Waals surface area contributed by atoms with Gasteiger partial charge in [-0.2, -0.15) is 4.98 Å². The van der Waals surface area contributed by atoms with Gasteiger partial charge in [-0.05, 0) is 38.1 Å². The molecule has 5 aromatic rings. The molecule has 0 atom stereocenters. The molecule has 0 N–H and O–H groups in total. The molecule has 2 aromatic heterocycles.